The number of anilines is 3. The molecule has 0 bridgehead atoms. The summed E-state index contributed by atoms with van der Waals surface area (Å²) in [5.41, 5.74) is 10.1. The van der Waals surface area contributed by atoms with Gasteiger partial charge in [0.1, 0.15) is 0 Å². The maximum atomic E-state index is 14.4. The number of nitrogens with one attached hydrogen (secondary N) is 1. The van der Waals surface area contributed by atoms with E-state index in [1.54, 1.807) is 36.0 Å². The molecule has 1 unspecified atom stereocenters. The van der Waals surface area contributed by atoms with E-state index >= 15 is 0 Å². The number of nitrogens with two attached hydrogens (primary N) is 1. The molecule has 1 aliphatic rings. The highest BCUT2D eigenvalue weighted by Crippen LogP contribution is 2.31. The number of nitrogen functional groups attached to an aromatic ring is 1. The van der Waals surface area contributed by atoms with Crippen molar-refractivity contribution in [1.29, 1.82) is 0 Å². The topological polar surface area (TPSA) is 91.3 Å². The average molecular weight is 454 g/mol. The van der Waals surface area contributed by atoms with Crippen molar-refractivity contribution in [2.45, 2.75) is 26.3 Å². The number of hydrogen-bond acceptors (Lipinski definition) is 6. The summed E-state index contributed by atoms with van der Waals surface area (Å²) in [6, 6.07) is 5.36. The minimum atomic E-state index is -0.510. The van der Waals surface area contributed by atoms with E-state index in [1.165, 1.54) is 6.07 Å². The predicted molar refractivity (Wildman–Crippen MR) is 133 cm³/mol. The number of hydrogen-bond donors (Lipinski definition) is 2. The summed E-state index contributed by atoms with van der Waals surface area (Å²) in [5, 5.41) is 2.76. The van der Waals surface area contributed by atoms with Gasteiger partial charge in [-0.3, -0.25) is 9.79 Å². The highest BCUT2D eigenvalue weighted by atomic mass is 19.1. The molecule has 3 heterocycles. The van der Waals surface area contributed by atoms with Gasteiger partial charge in [0.25, 0.3) is 5.91 Å². The molecule has 1 amide bonds. The zero-order valence-corrected chi connectivity index (χ0v) is 19.5. The van der Waals surface area contributed by atoms with Crippen molar-refractivity contribution < 1.29 is 10.6 Å². The van der Waals surface area contributed by atoms with E-state index in [2.05, 4.69) is 39.2 Å². The minimum absolute atomic E-state index is 0. The molecule has 3 aromatic rings. The molecular weight excluding hydrogens is 421 g/mol. The molecule has 1 atom stereocenters. The number of aromatic nitrogens is 2. The van der Waals surface area contributed by atoms with Gasteiger partial charge in [0, 0.05) is 63.0 Å². The van der Waals surface area contributed by atoms with Crippen LogP contribution in [0.4, 0.5) is 21.5 Å². The number of fused-ring (bicyclic) bond motifs is 1. The van der Waals surface area contributed by atoms with E-state index in [0.717, 1.165) is 30.8 Å². The number of nitrogens with zero attached hydrogens (tertiary/aromatic N) is 5. The summed E-state index contributed by atoms with van der Waals surface area (Å²) in [6.45, 7) is 6.13. The van der Waals surface area contributed by atoms with Crippen molar-refractivity contribution in [3.63, 3.8) is 0 Å². The van der Waals surface area contributed by atoms with Gasteiger partial charge in [0.15, 0.2) is 11.5 Å². The maximum absolute atomic E-state index is 14.4. The molecule has 0 spiro atoms. The number of aryl methyl sites for hydroxylation is 1. The third-order valence-corrected chi connectivity index (χ3v) is 6.03. The molecule has 1 saturated heterocycles. The van der Waals surface area contributed by atoms with Crippen molar-refractivity contribution in [2.24, 2.45) is 4.99 Å². The number of aliphatic imine (C=N–C) groups is 1. The lowest BCUT2D eigenvalue weighted by molar-refractivity contribution is 0.102. The van der Waals surface area contributed by atoms with Crippen LogP contribution in [-0.2, 0) is 0 Å². The molecule has 1 aromatic carbocycles. The molecule has 1 aliphatic heterocycles. The molecule has 0 radical (unpaired) electrons. The number of benzene rings is 1. The van der Waals surface area contributed by atoms with Gasteiger partial charge in [-0.15, -0.1) is 0 Å². The molecule has 3 N–H and O–H groups in total. The minimum Gasteiger partial charge on any atom is -0.397 e. The van der Waals surface area contributed by atoms with Crippen molar-refractivity contribution >= 4 is 34.8 Å². The van der Waals surface area contributed by atoms with E-state index in [9.17, 15) is 9.18 Å². The van der Waals surface area contributed by atoms with Crippen molar-refractivity contribution in [1.82, 2.24) is 14.3 Å². The number of imidazole rings is 1. The Hall–Kier alpha value is -3.46. The first-order chi connectivity index (χ1) is 15.8. The van der Waals surface area contributed by atoms with Crippen LogP contribution in [-0.4, -0.2) is 66.2 Å². The van der Waals surface area contributed by atoms with Crippen molar-refractivity contribution in [2.75, 3.05) is 49.7 Å². The zero-order valence-electron chi connectivity index (χ0n) is 19.5. The Morgan fingerprint density at radius 1 is 1.42 bits per heavy atom. The lowest BCUT2D eigenvalue weighted by Crippen LogP contribution is -2.32. The second-order valence-electron chi connectivity index (χ2n) is 8.58. The van der Waals surface area contributed by atoms with Gasteiger partial charge in [-0.05, 0) is 46.5 Å². The second kappa shape index (κ2) is 9.19. The number of rotatable bonds is 6. The fourth-order valence-electron chi connectivity index (χ4n) is 4.25. The van der Waals surface area contributed by atoms with E-state index in [0.29, 0.717) is 35.2 Å². The van der Waals surface area contributed by atoms with E-state index < -0.39 is 11.7 Å². The number of likely N-dealkylation sites (N-methyl/N-ethyl adjacent to an activating group) is 1. The highest BCUT2D eigenvalue weighted by Gasteiger charge is 2.27. The SMILES string of the molecule is CCN=Cc1c(N2CCC(N(C)C)C2)ccc(C(=O)Nc2cc(F)c3nc(C)cn3c2)c1N.[HH]. The summed E-state index contributed by atoms with van der Waals surface area (Å²) in [4.78, 5) is 26.1. The summed E-state index contributed by atoms with van der Waals surface area (Å²) < 4.78 is 16.0. The van der Waals surface area contributed by atoms with Gasteiger partial charge in [0.2, 0.25) is 0 Å². The molecule has 8 nitrogen and oxygen atoms in total. The third-order valence-electron chi connectivity index (χ3n) is 6.03. The smallest absolute Gasteiger partial charge is 0.257 e. The summed E-state index contributed by atoms with van der Waals surface area (Å²) in [5.74, 6) is -0.919. The van der Waals surface area contributed by atoms with Crippen LogP contribution in [0, 0.1) is 12.7 Å². The molecule has 9 heteroatoms. The van der Waals surface area contributed by atoms with E-state index in [1.807, 2.05) is 13.0 Å². The Morgan fingerprint density at radius 3 is 2.91 bits per heavy atom. The van der Waals surface area contributed by atoms with Crippen LogP contribution < -0.4 is 16.0 Å². The first-order valence-electron chi connectivity index (χ1n) is 11.1. The fourth-order valence-corrected chi connectivity index (χ4v) is 4.25. The van der Waals surface area contributed by atoms with Crippen LogP contribution in [0.5, 0.6) is 0 Å². The molecule has 0 aliphatic carbocycles. The van der Waals surface area contributed by atoms with Crippen LogP contribution >= 0.6 is 0 Å². The molecule has 2 aromatic heterocycles. The quantitative estimate of drug-likeness (QED) is 0.441. The normalized spacial score (nSPS) is 16.4. The molecule has 176 valence electrons. The Bertz CT molecular complexity index is 1220. The summed E-state index contributed by atoms with van der Waals surface area (Å²) in [6.07, 6.45) is 6.13. The van der Waals surface area contributed by atoms with Gasteiger partial charge >= 0.3 is 0 Å². The van der Waals surface area contributed by atoms with Gasteiger partial charge in [-0.2, -0.15) is 0 Å². The summed E-state index contributed by atoms with van der Waals surface area (Å²) in [7, 11) is 4.17. The Morgan fingerprint density at radius 2 is 2.21 bits per heavy atom. The van der Waals surface area contributed by atoms with Crippen LogP contribution in [0.25, 0.3) is 5.65 Å². The number of halogens is 1. The van der Waals surface area contributed by atoms with Crippen LogP contribution in [0.15, 0.2) is 35.6 Å². The lowest BCUT2D eigenvalue weighted by atomic mass is 10.0. The van der Waals surface area contributed by atoms with Gasteiger partial charge < -0.3 is 25.3 Å². The molecular formula is C24H32FN7O. The monoisotopic (exact) mass is 453 g/mol. The Balaban J connectivity index is 0.00000324. The van der Waals surface area contributed by atoms with Crippen LogP contribution in [0.3, 0.4) is 0 Å². The standard InChI is InChI=1S/C24H30FN7O.H2/c1-5-27-11-19-21(31-9-8-17(14-31)30(3)4)7-6-18(22(19)26)24(33)29-16-10-20(25)23-28-15(2)12-32(23)13-16;/h6-7,10-13,17H,5,8-9,14,26H2,1-4H3,(H,29,33);1H. The molecule has 1 fully saturated rings. The van der Waals surface area contributed by atoms with Crippen LogP contribution in [0.1, 0.15) is 36.4 Å². The molecule has 0 saturated carbocycles. The van der Waals surface area contributed by atoms with Gasteiger partial charge in [0.05, 0.1) is 22.6 Å². The highest BCUT2D eigenvalue weighted by molar-refractivity contribution is 6.11. The van der Waals surface area contributed by atoms with Crippen molar-refractivity contribution in [3.05, 3.63) is 53.2 Å². The number of amides is 1. The Labute approximate surface area is 194 Å². The maximum Gasteiger partial charge on any atom is 0.257 e. The number of carbonyl (C=O) groups excluding carboxylic acids is 1. The Kier molecular flexibility index (Phi) is 6.33. The number of carbonyl (C=O) groups is 1. The van der Waals surface area contributed by atoms with E-state index in [4.69, 9.17) is 5.73 Å². The zero-order chi connectivity index (χ0) is 23.7. The van der Waals surface area contributed by atoms with Crippen molar-refractivity contribution in [3.8, 4) is 0 Å². The molecule has 33 heavy (non-hydrogen) atoms. The first-order valence-corrected chi connectivity index (χ1v) is 11.1. The summed E-state index contributed by atoms with van der Waals surface area (Å²) >= 11 is 0. The molecule has 4 rings (SSSR count). The van der Waals surface area contributed by atoms with E-state index in [-0.39, 0.29) is 7.07 Å². The third kappa shape index (κ3) is 4.54. The predicted octanol–water partition coefficient (Wildman–Crippen LogP) is 3.44. The largest absolute Gasteiger partial charge is 0.397 e. The lowest BCUT2D eigenvalue weighted by Gasteiger charge is -2.24. The second-order valence-corrected chi connectivity index (χ2v) is 8.58. The fraction of sp³-hybridized carbons (Fsp3) is 0.375. The first kappa shape index (κ1) is 22.7. The van der Waals surface area contributed by atoms with Gasteiger partial charge in [-0.1, -0.05) is 0 Å². The average Bonchev–Trinajstić information content (AvgIpc) is 3.39. The van der Waals surface area contributed by atoms with Crippen LogP contribution in [0.2, 0.25) is 0 Å². The number of pyridine rings is 1. The van der Waals surface area contributed by atoms with Gasteiger partial charge in [-0.25, -0.2) is 9.37 Å².